The first-order valence-corrected chi connectivity index (χ1v) is 20.8. The molecule has 0 unspecified atom stereocenters. The van der Waals surface area contributed by atoms with E-state index >= 15 is 0 Å². The van der Waals surface area contributed by atoms with Crippen LogP contribution in [0.1, 0.15) is 44.5 Å². The highest BCUT2D eigenvalue weighted by Gasteiger charge is 2.29. The van der Waals surface area contributed by atoms with Gasteiger partial charge in [-0.05, 0) is 67.8 Å². The minimum atomic E-state index is 0.0684. The van der Waals surface area contributed by atoms with Crippen LogP contribution in [-0.2, 0) is 9.59 Å². The van der Waals surface area contributed by atoms with Gasteiger partial charge in [-0.25, -0.2) is 0 Å². The van der Waals surface area contributed by atoms with Gasteiger partial charge in [-0.1, -0.05) is 255 Å². The highest BCUT2D eigenvalue weighted by Crippen LogP contribution is 2.44. The summed E-state index contributed by atoms with van der Waals surface area (Å²) in [6.07, 6.45) is 7.77. The van der Waals surface area contributed by atoms with Crippen LogP contribution in [0.15, 0.2) is 255 Å². The van der Waals surface area contributed by atoms with Crippen molar-refractivity contribution in [1.82, 2.24) is 0 Å². The quantitative estimate of drug-likeness (QED) is 0.144. The third-order valence-electron chi connectivity index (χ3n) is 10.6. The minimum Gasteiger partial charge on any atom is -0.289 e. The molecule has 2 aliphatic rings. The average Bonchev–Trinajstić information content (AvgIpc) is 3.90. The van der Waals surface area contributed by atoms with E-state index in [9.17, 15) is 9.59 Å². The van der Waals surface area contributed by atoms with Crippen molar-refractivity contribution < 1.29 is 9.59 Å². The molecule has 296 valence electrons. The van der Waals surface area contributed by atoms with Crippen LogP contribution in [0.5, 0.6) is 0 Å². The van der Waals surface area contributed by atoms with Crippen molar-refractivity contribution in [3.8, 4) is 0 Å². The molecule has 0 amide bonds. The lowest BCUT2D eigenvalue weighted by Gasteiger charge is -2.12. The van der Waals surface area contributed by atoms with E-state index in [0.717, 1.165) is 66.8 Å². The Balaban J connectivity index is 0.000000133. The molecule has 62 heavy (non-hydrogen) atoms. The molecule has 2 nitrogen and oxygen atoms in total. The van der Waals surface area contributed by atoms with Crippen LogP contribution >= 0.6 is 0 Å². The Hall–Kier alpha value is -8.20. The molecule has 0 saturated carbocycles. The molecule has 0 radical (unpaired) electrons. The average molecular weight is 797 g/mol. The summed E-state index contributed by atoms with van der Waals surface area (Å²) in [5.74, 6) is 0.137. The molecule has 8 aromatic rings. The molecule has 0 heterocycles. The van der Waals surface area contributed by atoms with Gasteiger partial charge >= 0.3 is 0 Å². The lowest BCUT2D eigenvalue weighted by atomic mass is 9.90. The molecular weight excluding hydrogens is 753 g/mol. The van der Waals surface area contributed by atoms with E-state index in [1.54, 1.807) is 12.2 Å². The monoisotopic (exact) mass is 796 g/mol. The number of hydrogen-bond acceptors (Lipinski definition) is 2. The van der Waals surface area contributed by atoms with Crippen LogP contribution in [0, 0.1) is 0 Å². The minimum absolute atomic E-state index is 0.0684. The summed E-state index contributed by atoms with van der Waals surface area (Å²) in [4.78, 5) is 25.6. The van der Waals surface area contributed by atoms with Gasteiger partial charge in [-0.2, -0.15) is 0 Å². The molecule has 0 aromatic heterocycles. The van der Waals surface area contributed by atoms with Gasteiger partial charge in [0, 0.05) is 22.3 Å². The fourth-order valence-corrected chi connectivity index (χ4v) is 7.67. The number of hydrogen-bond donors (Lipinski definition) is 0. The fraction of sp³-hybridized carbons (Fsp3) is 0. The summed E-state index contributed by atoms with van der Waals surface area (Å²) in [5.41, 5.74) is 14.2. The third kappa shape index (κ3) is 9.80. The van der Waals surface area contributed by atoms with Gasteiger partial charge in [-0.3, -0.25) is 9.59 Å². The Kier molecular flexibility index (Phi) is 13.2. The van der Waals surface area contributed by atoms with Crippen molar-refractivity contribution in [2.75, 3.05) is 0 Å². The second kappa shape index (κ2) is 20.2. The van der Waals surface area contributed by atoms with Crippen molar-refractivity contribution in [3.05, 3.63) is 299 Å². The van der Waals surface area contributed by atoms with E-state index in [4.69, 9.17) is 0 Å². The van der Waals surface area contributed by atoms with E-state index in [-0.39, 0.29) is 11.6 Å². The molecule has 0 spiro atoms. The molecular formula is C60H44O2. The number of benzene rings is 8. The first kappa shape index (κ1) is 40.6. The standard InChI is InChI=1S/2C23H16O.C14H12/c2*24-21-16-20(17-10-4-1-5-11-17)22(18-12-6-2-7-13-18)23(21)19-14-8-3-9-15-19;1-3-7-13(8-4-1)11-12-14-9-5-2-6-10-14/h2*1-16H;1-12H. The van der Waals surface area contributed by atoms with Crippen molar-refractivity contribution in [2.24, 2.45) is 0 Å². The van der Waals surface area contributed by atoms with Gasteiger partial charge in [0.2, 0.25) is 0 Å². The summed E-state index contributed by atoms with van der Waals surface area (Å²) < 4.78 is 0. The molecule has 0 atom stereocenters. The normalized spacial score (nSPS) is 13.2. The van der Waals surface area contributed by atoms with E-state index in [1.165, 1.54) is 11.1 Å². The maximum Gasteiger partial charge on any atom is 0.187 e. The second-order valence-electron chi connectivity index (χ2n) is 14.7. The summed E-state index contributed by atoms with van der Waals surface area (Å²) >= 11 is 0. The molecule has 2 heteroatoms. The van der Waals surface area contributed by atoms with Crippen LogP contribution in [0.2, 0.25) is 0 Å². The first-order chi connectivity index (χ1) is 30.6. The molecule has 0 bridgehead atoms. The molecule has 2 aliphatic carbocycles. The molecule has 10 rings (SSSR count). The SMILES string of the molecule is C(=Cc1ccccc1)c1ccccc1.O=C1C=C(c2ccccc2)C(c2ccccc2)=C1c1ccccc1.O=C1C=C(c2ccccc2)C(c2ccccc2)=C1c1ccccc1. The Bertz CT molecular complexity index is 2690. The molecule has 0 N–H and O–H groups in total. The zero-order valence-corrected chi connectivity index (χ0v) is 34.2. The second-order valence-corrected chi connectivity index (χ2v) is 14.7. The maximum absolute atomic E-state index is 12.8. The lowest BCUT2D eigenvalue weighted by Crippen LogP contribution is -1.96. The first-order valence-electron chi connectivity index (χ1n) is 20.8. The van der Waals surface area contributed by atoms with Gasteiger partial charge in [0.1, 0.15) is 0 Å². The van der Waals surface area contributed by atoms with E-state index < -0.39 is 0 Å². The summed E-state index contributed by atoms with van der Waals surface area (Å²) in [6.45, 7) is 0. The van der Waals surface area contributed by atoms with Crippen molar-refractivity contribution in [3.63, 3.8) is 0 Å². The van der Waals surface area contributed by atoms with Gasteiger partial charge in [-0.15, -0.1) is 0 Å². The van der Waals surface area contributed by atoms with Crippen molar-refractivity contribution >= 4 is 57.2 Å². The van der Waals surface area contributed by atoms with Crippen LogP contribution in [0.4, 0.5) is 0 Å². The Morgan fingerprint density at radius 2 is 0.435 bits per heavy atom. The zero-order chi connectivity index (χ0) is 42.4. The van der Waals surface area contributed by atoms with Crippen LogP contribution in [-0.4, -0.2) is 11.6 Å². The number of allylic oxidation sites excluding steroid dienone is 8. The molecule has 0 fully saturated rings. The molecule has 0 saturated heterocycles. The third-order valence-corrected chi connectivity index (χ3v) is 10.6. The largest absolute Gasteiger partial charge is 0.289 e. The fourth-order valence-electron chi connectivity index (χ4n) is 7.67. The predicted octanol–water partition coefficient (Wildman–Crippen LogP) is 14.4. The highest BCUT2D eigenvalue weighted by molar-refractivity contribution is 6.46. The molecule has 0 aliphatic heterocycles. The summed E-state index contributed by atoms with van der Waals surface area (Å²) in [6, 6.07) is 80.9. The van der Waals surface area contributed by atoms with Crippen molar-refractivity contribution in [2.45, 2.75) is 0 Å². The van der Waals surface area contributed by atoms with Gasteiger partial charge in [0.05, 0.1) is 0 Å². The maximum atomic E-state index is 12.8. The smallest absolute Gasteiger partial charge is 0.187 e. The van der Waals surface area contributed by atoms with Gasteiger partial charge < -0.3 is 0 Å². The molecule has 8 aromatic carbocycles. The van der Waals surface area contributed by atoms with Crippen molar-refractivity contribution in [1.29, 1.82) is 0 Å². The number of ketones is 2. The number of carbonyl (C=O) groups excluding carboxylic acids is 2. The highest BCUT2D eigenvalue weighted by atomic mass is 16.1. The number of rotatable bonds is 8. The topological polar surface area (TPSA) is 34.1 Å². The summed E-state index contributed by atoms with van der Waals surface area (Å²) in [5, 5.41) is 0. The predicted molar refractivity (Wildman–Crippen MR) is 260 cm³/mol. The number of carbonyl (C=O) groups is 2. The van der Waals surface area contributed by atoms with Crippen LogP contribution in [0.25, 0.3) is 45.6 Å². The Morgan fingerprint density at radius 3 is 0.694 bits per heavy atom. The zero-order valence-electron chi connectivity index (χ0n) is 34.2. The van der Waals surface area contributed by atoms with E-state index in [2.05, 4.69) is 84.9 Å². The Labute approximate surface area is 364 Å². The van der Waals surface area contributed by atoms with Crippen LogP contribution in [0.3, 0.4) is 0 Å². The van der Waals surface area contributed by atoms with Gasteiger partial charge in [0.25, 0.3) is 0 Å². The van der Waals surface area contributed by atoms with E-state index in [1.807, 2.05) is 170 Å². The van der Waals surface area contributed by atoms with Gasteiger partial charge in [0.15, 0.2) is 11.6 Å². The summed E-state index contributed by atoms with van der Waals surface area (Å²) in [7, 11) is 0. The van der Waals surface area contributed by atoms with E-state index in [0.29, 0.717) is 0 Å². The lowest BCUT2D eigenvalue weighted by molar-refractivity contribution is -0.110. The Morgan fingerprint density at radius 1 is 0.226 bits per heavy atom. The van der Waals surface area contributed by atoms with Crippen LogP contribution < -0.4 is 0 Å².